The van der Waals surface area contributed by atoms with Gasteiger partial charge in [0, 0.05) is 42.3 Å². The summed E-state index contributed by atoms with van der Waals surface area (Å²) in [5, 5.41) is 6.27. The van der Waals surface area contributed by atoms with Gasteiger partial charge in [-0.15, -0.1) is 0 Å². The lowest BCUT2D eigenvalue weighted by Gasteiger charge is -2.22. The zero-order valence-electron chi connectivity index (χ0n) is 12.5. The number of nitrogens with one attached hydrogen (secondary N) is 2. The highest BCUT2D eigenvalue weighted by atomic mass is 16.1. The number of nitrogens with zero attached hydrogens (tertiary/aromatic N) is 2. The van der Waals surface area contributed by atoms with E-state index in [4.69, 9.17) is 0 Å². The van der Waals surface area contributed by atoms with Crippen LogP contribution < -0.4 is 10.6 Å². The van der Waals surface area contributed by atoms with Crippen molar-refractivity contribution < 1.29 is 4.79 Å². The summed E-state index contributed by atoms with van der Waals surface area (Å²) < 4.78 is 0. The maximum atomic E-state index is 12.3. The molecule has 0 unspecified atom stereocenters. The molecule has 0 aromatic carbocycles. The van der Waals surface area contributed by atoms with Crippen LogP contribution in [0.3, 0.4) is 0 Å². The molecule has 0 saturated carbocycles. The van der Waals surface area contributed by atoms with Crippen molar-refractivity contribution in [3.05, 3.63) is 59.7 Å². The molecule has 0 aliphatic carbocycles. The lowest BCUT2D eigenvalue weighted by molar-refractivity contribution is 0.0950. The summed E-state index contributed by atoms with van der Waals surface area (Å²) in [5.41, 5.74) is 2.69. The summed E-state index contributed by atoms with van der Waals surface area (Å²) in [7, 11) is 0. The molecule has 1 aliphatic heterocycles. The Morgan fingerprint density at radius 1 is 1.27 bits per heavy atom. The number of rotatable bonds is 4. The van der Waals surface area contributed by atoms with Gasteiger partial charge in [-0.3, -0.25) is 14.8 Å². The molecule has 114 valence electrons. The summed E-state index contributed by atoms with van der Waals surface area (Å²) in [5.74, 6) is 0.383. The van der Waals surface area contributed by atoms with Crippen molar-refractivity contribution in [3.63, 3.8) is 0 Å². The van der Waals surface area contributed by atoms with E-state index in [-0.39, 0.29) is 5.91 Å². The summed E-state index contributed by atoms with van der Waals surface area (Å²) in [4.78, 5) is 20.8. The van der Waals surface area contributed by atoms with E-state index in [0.29, 0.717) is 18.0 Å². The molecule has 0 bridgehead atoms. The Bertz CT molecular complexity index is 624. The van der Waals surface area contributed by atoms with Crippen LogP contribution in [0.2, 0.25) is 0 Å². The minimum Gasteiger partial charge on any atom is -0.348 e. The topological polar surface area (TPSA) is 66.9 Å². The first-order chi connectivity index (χ1) is 10.8. The van der Waals surface area contributed by atoms with Crippen LogP contribution in [0.15, 0.2) is 42.9 Å². The third kappa shape index (κ3) is 3.68. The van der Waals surface area contributed by atoms with E-state index in [9.17, 15) is 4.79 Å². The SMILES string of the molecule is O=C(NCc1cccnc1)c1ccnc(C2CCNCC2)c1. The second-order valence-corrected chi connectivity index (χ2v) is 5.54. The van der Waals surface area contributed by atoms with Crippen molar-refractivity contribution in [3.8, 4) is 0 Å². The predicted molar refractivity (Wildman–Crippen MR) is 84.5 cm³/mol. The molecular weight excluding hydrogens is 276 g/mol. The van der Waals surface area contributed by atoms with Crippen molar-refractivity contribution in [2.75, 3.05) is 13.1 Å². The maximum absolute atomic E-state index is 12.3. The fourth-order valence-corrected chi connectivity index (χ4v) is 2.72. The molecule has 22 heavy (non-hydrogen) atoms. The third-order valence-electron chi connectivity index (χ3n) is 3.98. The van der Waals surface area contributed by atoms with Crippen LogP contribution in [-0.4, -0.2) is 29.0 Å². The lowest BCUT2D eigenvalue weighted by atomic mass is 9.93. The second-order valence-electron chi connectivity index (χ2n) is 5.54. The van der Waals surface area contributed by atoms with E-state index < -0.39 is 0 Å². The highest BCUT2D eigenvalue weighted by Gasteiger charge is 2.17. The van der Waals surface area contributed by atoms with E-state index >= 15 is 0 Å². The largest absolute Gasteiger partial charge is 0.348 e. The molecule has 3 rings (SSSR count). The summed E-state index contributed by atoms with van der Waals surface area (Å²) in [6, 6.07) is 7.50. The molecule has 1 aliphatic rings. The van der Waals surface area contributed by atoms with E-state index in [1.807, 2.05) is 18.2 Å². The van der Waals surface area contributed by atoms with E-state index in [1.54, 1.807) is 24.7 Å². The van der Waals surface area contributed by atoms with Crippen molar-refractivity contribution in [2.45, 2.75) is 25.3 Å². The lowest BCUT2D eigenvalue weighted by Crippen LogP contribution is -2.27. The molecule has 5 nitrogen and oxygen atoms in total. The van der Waals surface area contributed by atoms with Gasteiger partial charge < -0.3 is 10.6 Å². The van der Waals surface area contributed by atoms with Crippen LogP contribution in [0.5, 0.6) is 0 Å². The summed E-state index contributed by atoms with van der Waals surface area (Å²) >= 11 is 0. The first-order valence-electron chi connectivity index (χ1n) is 7.67. The zero-order valence-corrected chi connectivity index (χ0v) is 12.5. The molecule has 1 saturated heterocycles. The van der Waals surface area contributed by atoms with E-state index in [0.717, 1.165) is 37.2 Å². The third-order valence-corrected chi connectivity index (χ3v) is 3.98. The average molecular weight is 296 g/mol. The number of amides is 1. The van der Waals surface area contributed by atoms with Crippen molar-refractivity contribution >= 4 is 5.91 Å². The molecule has 2 aromatic rings. The first-order valence-corrected chi connectivity index (χ1v) is 7.67. The van der Waals surface area contributed by atoms with E-state index in [2.05, 4.69) is 20.6 Å². The van der Waals surface area contributed by atoms with Gasteiger partial charge in [-0.1, -0.05) is 6.07 Å². The summed E-state index contributed by atoms with van der Waals surface area (Å²) in [6.45, 7) is 2.52. The number of carbonyl (C=O) groups excluding carboxylic acids is 1. The molecule has 5 heteroatoms. The summed E-state index contributed by atoms with van der Waals surface area (Å²) in [6.07, 6.45) is 7.37. The molecule has 3 heterocycles. The molecule has 2 N–H and O–H groups in total. The highest BCUT2D eigenvalue weighted by molar-refractivity contribution is 5.94. The number of pyridine rings is 2. The molecular formula is C17H20N4O. The minimum atomic E-state index is -0.0681. The van der Waals surface area contributed by atoms with Crippen molar-refractivity contribution in [2.24, 2.45) is 0 Å². The van der Waals surface area contributed by atoms with E-state index in [1.165, 1.54) is 0 Å². The number of aromatic nitrogens is 2. The van der Waals surface area contributed by atoms with Crippen LogP contribution in [0, 0.1) is 0 Å². The Hall–Kier alpha value is -2.27. The molecule has 2 aromatic heterocycles. The van der Waals surface area contributed by atoms with Gasteiger partial charge >= 0.3 is 0 Å². The van der Waals surface area contributed by atoms with Crippen LogP contribution in [-0.2, 0) is 6.54 Å². The number of hydrogen-bond acceptors (Lipinski definition) is 4. The van der Waals surface area contributed by atoms with Crippen molar-refractivity contribution in [1.82, 2.24) is 20.6 Å². The van der Waals surface area contributed by atoms with Gasteiger partial charge in [0.25, 0.3) is 5.91 Å². The van der Waals surface area contributed by atoms with Crippen LogP contribution in [0.25, 0.3) is 0 Å². The zero-order chi connectivity index (χ0) is 15.2. The fraction of sp³-hybridized carbons (Fsp3) is 0.353. The normalized spacial score (nSPS) is 15.5. The maximum Gasteiger partial charge on any atom is 0.251 e. The Morgan fingerprint density at radius 2 is 2.14 bits per heavy atom. The van der Waals surface area contributed by atoms with Crippen LogP contribution in [0.1, 0.15) is 40.4 Å². The Morgan fingerprint density at radius 3 is 2.91 bits per heavy atom. The fourth-order valence-electron chi connectivity index (χ4n) is 2.72. The van der Waals surface area contributed by atoms with Gasteiger partial charge in [-0.25, -0.2) is 0 Å². The Labute approximate surface area is 130 Å². The number of carbonyl (C=O) groups is 1. The van der Waals surface area contributed by atoms with Gasteiger partial charge in [0.05, 0.1) is 0 Å². The average Bonchev–Trinajstić information content (AvgIpc) is 2.61. The second kappa shape index (κ2) is 7.13. The first kappa shape index (κ1) is 14.7. The quantitative estimate of drug-likeness (QED) is 0.904. The van der Waals surface area contributed by atoms with Gasteiger partial charge in [0.1, 0.15) is 0 Å². The van der Waals surface area contributed by atoms with Gasteiger partial charge in [-0.2, -0.15) is 0 Å². The minimum absolute atomic E-state index is 0.0681. The van der Waals surface area contributed by atoms with Gasteiger partial charge in [0.15, 0.2) is 0 Å². The Balaban J connectivity index is 1.64. The smallest absolute Gasteiger partial charge is 0.251 e. The predicted octanol–water partition coefficient (Wildman–Crippen LogP) is 1.87. The highest BCUT2D eigenvalue weighted by Crippen LogP contribution is 2.23. The number of hydrogen-bond donors (Lipinski definition) is 2. The van der Waals surface area contributed by atoms with Crippen molar-refractivity contribution in [1.29, 1.82) is 0 Å². The number of piperidine rings is 1. The molecule has 0 spiro atoms. The molecule has 0 radical (unpaired) electrons. The van der Waals surface area contributed by atoms with Gasteiger partial charge in [-0.05, 0) is 49.7 Å². The monoisotopic (exact) mass is 296 g/mol. The van der Waals surface area contributed by atoms with Crippen LogP contribution in [0.4, 0.5) is 0 Å². The van der Waals surface area contributed by atoms with Gasteiger partial charge in [0.2, 0.25) is 0 Å². The molecule has 1 amide bonds. The van der Waals surface area contributed by atoms with Crippen LogP contribution >= 0.6 is 0 Å². The molecule has 1 fully saturated rings. The Kier molecular flexibility index (Phi) is 4.75. The molecule has 0 atom stereocenters. The standard InChI is InChI=1S/C17H20N4O/c22-17(21-12-13-2-1-6-19-11-13)15-5-9-20-16(10-15)14-3-7-18-8-4-14/h1-2,5-6,9-11,14,18H,3-4,7-8,12H2,(H,21,22).